The Labute approximate surface area is 135 Å². The monoisotopic (exact) mass is 318 g/mol. The molecule has 1 saturated heterocycles. The Morgan fingerprint density at radius 1 is 1.26 bits per heavy atom. The SMILES string of the molecule is NCCNC(=O)C1CCCN(C(=O)c2cccc(C(N)=O)c2)C1. The Hall–Kier alpha value is -2.41. The predicted octanol–water partition coefficient (Wildman–Crippen LogP) is -0.287. The summed E-state index contributed by atoms with van der Waals surface area (Å²) in [6.07, 6.45) is 1.52. The van der Waals surface area contributed by atoms with Gasteiger partial charge in [0.25, 0.3) is 5.91 Å². The highest BCUT2D eigenvalue weighted by Gasteiger charge is 2.28. The van der Waals surface area contributed by atoms with Crippen molar-refractivity contribution in [3.63, 3.8) is 0 Å². The van der Waals surface area contributed by atoms with E-state index in [1.165, 1.54) is 6.07 Å². The smallest absolute Gasteiger partial charge is 0.253 e. The molecular formula is C16H22N4O3. The molecule has 0 aromatic heterocycles. The van der Waals surface area contributed by atoms with Crippen molar-refractivity contribution in [2.24, 2.45) is 17.4 Å². The fraction of sp³-hybridized carbons (Fsp3) is 0.438. The number of nitrogens with one attached hydrogen (secondary N) is 1. The van der Waals surface area contributed by atoms with Gasteiger partial charge in [-0.05, 0) is 31.0 Å². The van der Waals surface area contributed by atoms with Gasteiger partial charge >= 0.3 is 0 Å². The van der Waals surface area contributed by atoms with E-state index in [1.807, 2.05) is 0 Å². The quantitative estimate of drug-likeness (QED) is 0.691. The molecule has 124 valence electrons. The molecule has 2 rings (SSSR count). The van der Waals surface area contributed by atoms with Crippen molar-refractivity contribution in [1.82, 2.24) is 10.2 Å². The molecule has 1 heterocycles. The summed E-state index contributed by atoms with van der Waals surface area (Å²) < 4.78 is 0. The maximum Gasteiger partial charge on any atom is 0.253 e. The number of primary amides is 1. The first kappa shape index (κ1) is 17.0. The first-order valence-corrected chi connectivity index (χ1v) is 7.70. The van der Waals surface area contributed by atoms with Crippen LogP contribution in [0.15, 0.2) is 24.3 Å². The highest BCUT2D eigenvalue weighted by Crippen LogP contribution is 2.19. The summed E-state index contributed by atoms with van der Waals surface area (Å²) in [5.74, 6) is -1.06. The molecule has 23 heavy (non-hydrogen) atoms. The van der Waals surface area contributed by atoms with Crippen LogP contribution < -0.4 is 16.8 Å². The van der Waals surface area contributed by atoms with Crippen molar-refractivity contribution in [2.75, 3.05) is 26.2 Å². The van der Waals surface area contributed by atoms with E-state index in [0.29, 0.717) is 37.3 Å². The zero-order valence-corrected chi connectivity index (χ0v) is 13.0. The fourth-order valence-corrected chi connectivity index (χ4v) is 2.70. The first-order chi connectivity index (χ1) is 11.0. The van der Waals surface area contributed by atoms with Gasteiger partial charge in [-0.25, -0.2) is 0 Å². The maximum absolute atomic E-state index is 12.6. The van der Waals surface area contributed by atoms with Gasteiger partial charge in [-0.2, -0.15) is 0 Å². The van der Waals surface area contributed by atoms with Crippen LogP contribution in [0.25, 0.3) is 0 Å². The summed E-state index contributed by atoms with van der Waals surface area (Å²) >= 11 is 0. The number of likely N-dealkylation sites (tertiary alicyclic amines) is 1. The van der Waals surface area contributed by atoms with Crippen molar-refractivity contribution < 1.29 is 14.4 Å². The normalized spacial score (nSPS) is 17.6. The van der Waals surface area contributed by atoms with Crippen molar-refractivity contribution in [3.8, 4) is 0 Å². The molecule has 7 heteroatoms. The Morgan fingerprint density at radius 2 is 2.00 bits per heavy atom. The van der Waals surface area contributed by atoms with Crippen LogP contribution in [0.1, 0.15) is 33.6 Å². The topological polar surface area (TPSA) is 119 Å². The van der Waals surface area contributed by atoms with E-state index >= 15 is 0 Å². The number of nitrogens with zero attached hydrogens (tertiary/aromatic N) is 1. The van der Waals surface area contributed by atoms with Gasteiger partial charge in [0.05, 0.1) is 5.92 Å². The van der Waals surface area contributed by atoms with Gasteiger partial charge in [0.15, 0.2) is 0 Å². The summed E-state index contributed by atoms with van der Waals surface area (Å²) in [5, 5.41) is 2.76. The van der Waals surface area contributed by atoms with E-state index in [4.69, 9.17) is 11.5 Å². The standard InChI is InChI=1S/C16H22N4O3/c17-6-7-19-15(22)13-5-2-8-20(10-13)16(23)12-4-1-3-11(9-12)14(18)21/h1,3-4,9,13H,2,5-8,10,17H2,(H2,18,21)(H,19,22). The summed E-state index contributed by atoms with van der Waals surface area (Å²) in [4.78, 5) is 37.5. The van der Waals surface area contributed by atoms with Gasteiger partial charge in [0, 0.05) is 37.3 Å². The largest absolute Gasteiger partial charge is 0.366 e. The van der Waals surface area contributed by atoms with Crippen LogP contribution in [0.5, 0.6) is 0 Å². The first-order valence-electron chi connectivity index (χ1n) is 7.70. The van der Waals surface area contributed by atoms with Crippen molar-refractivity contribution in [1.29, 1.82) is 0 Å². The number of hydrogen-bond acceptors (Lipinski definition) is 4. The van der Waals surface area contributed by atoms with E-state index in [0.717, 1.165) is 12.8 Å². The minimum absolute atomic E-state index is 0.0705. The van der Waals surface area contributed by atoms with Gasteiger partial charge in [0.2, 0.25) is 11.8 Å². The highest BCUT2D eigenvalue weighted by atomic mass is 16.2. The van der Waals surface area contributed by atoms with Crippen LogP contribution in [-0.4, -0.2) is 48.8 Å². The Morgan fingerprint density at radius 3 is 2.70 bits per heavy atom. The van der Waals surface area contributed by atoms with Crippen molar-refractivity contribution in [2.45, 2.75) is 12.8 Å². The summed E-state index contributed by atoms with van der Waals surface area (Å²) in [6, 6.07) is 6.33. The molecule has 0 saturated carbocycles. The van der Waals surface area contributed by atoms with E-state index in [9.17, 15) is 14.4 Å². The van der Waals surface area contributed by atoms with Crippen LogP contribution in [0.4, 0.5) is 0 Å². The number of hydrogen-bond donors (Lipinski definition) is 3. The maximum atomic E-state index is 12.6. The molecule has 0 bridgehead atoms. The van der Waals surface area contributed by atoms with Crippen LogP contribution in [0, 0.1) is 5.92 Å². The lowest BCUT2D eigenvalue weighted by Crippen LogP contribution is -2.46. The minimum atomic E-state index is -0.572. The molecule has 1 aliphatic heterocycles. The number of carbonyl (C=O) groups is 3. The predicted molar refractivity (Wildman–Crippen MR) is 85.7 cm³/mol. The second-order valence-electron chi connectivity index (χ2n) is 5.62. The number of amides is 3. The molecule has 0 radical (unpaired) electrons. The van der Waals surface area contributed by atoms with Gasteiger partial charge in [-0.1, -0.05) is 6.07 Å². The van der Waals surface area contributed by atoms with E-state index in [-0.39, 0.29) is 17.7 Å². The second-order valence-corrected chi connectivity index (χ2v) is 5.62. The lowest BCUT2D eigenvalue weighted by Gasteiger charge is -2.32. The number of rotatable bonds is 5. The third kappa shape index (κ3) is 4.29. The minimum Gasteiger partial charge on any atom is -0.366 e. The van der Waals surface area contributed by atoms with E-state index in [1.54, 1.807) is 23.1 Å². The zero-order valence-electron chi connectivity index (χ0n) is 13.0. The highest BCUT2D eigenvalue weighted by molar-refractivity contribution is 5.99. The summed E-state index contributed by atoms with van der Waals surface area (Å²) in [7, 11) is 0. The average Bonchev–Trinajstić information content (AvgIpc) is 2.59. The van der Waals surface area contributed by atoms with E-state index in [2.05, 4.69) is 5.32 Å². The molecule has 1 aromatic rings. The lowest BCUT2D eigenvalue weighted by molar-refractivity contribution is -0.126. The number of piperidine rings is 1. The van der Waals surface area contributed by atoms with E-state index < -0.39 is 5.91 Å². The molecular weight excluding hydrogens is 296 g/mol. The number of carbonyl (C=O) groups excluding carboxylic acids is 3. The fourth-order valence-electron chi connectivity index (χ4n) is 2.70. The van der Waals surface area contributed by atoms with Gasteiger partial charge in [-0.3, -0.25) is 14.4 Å². The third-order valence-electron chi connectivity index (χ3n) is 3.92. The molecule has 1 fully saturated rings. The van der Waals surface area contributed by atoms with Crippen LogP contribution in [0.3, 0.4) is 0 Å². The van der Waals surface area contributed by atoms with Crippen LogP contribution in [-0.2, 0) is 4.79 Å². The van der Waals surface area contributed by atoms with Crippen molar-refractivity contribution in [3.05, 3.63) is 35.4 Å². The molecule has 0 spiro atoms. The molecule has 1 aliphatic rings. The molecule has 1 aromatic carbocycles. The Balaban J connectivity index is 2.06. The summed E-state index contributed by atoms with van der Waals surface area (Å²) in [5.41, 5.74) is 11.3. The van der Waals surface area contributed by atoms with Crippen molar-refractivity contribution >= 4 is 17.7 Å². The van der Waals surface area contributed by atoms with Crippen LogP contribution >= 0.6 is 0 Å². The van der Waals surface area contributed by atoms with Gasteiger partial charge in [-0.15, -0.1) is 0 Å². The van der Waals surface area contributed by atoms with Gasteiger partial charge in [0.1, 0.15) is 0 Å². The number of benzene rings is 1. The average molecular weight is 318 g/mol. The van der Waals surface area contributed by atoms with Gasteiger partial charge < -0.3 is 21.7 Å². The molecule has 0 aliphatic carbocycles. The number of nitrogens with two attached hydrogens (primary N) is 2. The molecule has 1 atom stereocenters. The third-order valence-corrected chi connectivity index (χ3v) is 3.92. The Kier molecular flexibility index (Phi) is 5.70. The zero-order chi connectivity index (χ0) is 16.8. The summed E-state index contributed by atoms with van der Waals surface area (Å²) in [6.45, 7) is 1.79. The molecule has 3 amide bonds. The molecule has 7 nitrogen and oxygen atoms in total. The van der Waals surface area contributed by atoms with Crippen LogP contribution in [0.2, 0.25) is 0 Å². The second kappa shape index (κ2) is 7.73. The Bertz CT molecular complexity index is 603. The lowest BCUT2D eigenvalue weighted by atomic mass is 9.96. The molecule has 5 N–H and O–H groups in total. The molecule has 1 unspecified atom stereocenters.